The first-order valence-corrected chi connectivity index (χ1v) is 6.98. The maximum absolute atomic E-state index is 11.5. The van der Waals surface area contributed by atoms with Crippen LogP contribution in [0.4, 0.5) is 5.69 Å². The summed E-state index contributed by atoms with van der Waals surface area (Å²) in [6, 6.07) is 8.62. The van der Waals surface area contributed by atoms with Gasteiger partial charge < -0.3 is 15.4 Å². The molecule has 4 nitrogen and oxygen atoms in total. The van der Waals surface area contributed by atoms with E-state index in [1.54, 1.807) is 0 Å². The summed E-state index contributed by atoms with van der Waals surface area (Å²) in [6.45, 7) is 4.29. The summed E-state index contributed by atoms with van der Waals surface area (Å²) in [5, 5.41) is 6.31. The van der Waals surface area contributed by atoms with E-state index in [9.17, 15) is 4.79 Å². The molecule has 1 aliphatic heterocycles. The number of ether oxygens (including phenoxy) is 1. The molecular weight excluding hydrogens is 240 g/mol. The first kappa shape index (κ1) is 13.9. The van der Waals surface area contributed by atoms with E-state index in [1.807, 2.05) is 31.2 Å². The molecule has 4 heteroatoms. The molecule has 0 radical (unpaired) electrons. The molecule has 0 atom stereocenters. The van der Waals surface area contributed by atoms with Crippen molar-refractivity contribution in [3.8, 4) is 0 Å². The van der Waals surface area contributed by atoms with E-state index in [4.69, 9.17) is 4.74 Å². The molecule has 1 amide bonds. The molecule has 2 rings (SSSR count). The lowest BCUT2D eigenvalue weighted by Gasteiger charge is -2.24. The van der Waals surface area contributed by atoms with Crippen LogP contribution in [0.5, 0.6) is 0 Å². The van der Waals surface area contributed by atoms with Crippen molar-refractivity contribution in [2.24, 2.45) is 0 Å². The summed E-state index contributed by atoms with van der Waals surface area (Å²) in [4.78, 5) is 11.5. The predicted octanol–water partition coefficient (Wildman–Crippen LogP) is 1.96. The Bertz CT molecular complexity index is 397. The van der Waals surface area contributed by atoms with E-state index in [1.165, 1.54) is 0 Å². The number of carbonyl (C=O) groups is 1. The molecule has 1 fully saturated rings. The van der Waals surface area contributed by atoms with Crippen molar-refractivity contribution in [2.45, 2.75) is 32.2 Å². The minimum atomic E-state index is 0.0765. The molecule has 0 unspecified atom stereocenters. The van der Waals surface area contributed by atoms with Gasteiger partial charge in [0.2, 0.25) is 5.91 Å². The lowest BCUT2D eigenvalue weighted by molar-refractivity contribution is -0.120. The largest absolute Gasteiger partial charge is 0.382 e. The minimum absolute atomic E-state index is 0.0765. The van der Waals surface area contributed by atoms with E-state index in [2.05, 4.69) is 10.6 Å². The van der Waals surface area contributed by atoms with Gasteiger partial charge in [-0.15, -0.1) is 0 Å². The van der Waals surface area contributed by atoms with Crippen molar-refractivity contribution >= 4 is 11.6 Å². The zero-order chi connectivity index (χ0) is 13.5. The monoisotopic (exact) mass is 262 g/mol. The zero-order valence-electron chi connectivity index (χ0n) is 11.4. The van der Waals surface area contributed by atoms with Crippen molar-refractivity contribution in [3.63, 3.8) is 0 Å². The maximum Gasteiger partial charge on any atom is 0.224 e. The van der Waals surface area contributed by atoms with Gasteiger partial charge in [-0.3, -0.25) is 4.79 Å². The van der Waals surface area contributed by atoms with Crippen LogP contribution >= 0.6 is 0 Å². The first-order valence-electron chi connectivity index (χ1n) is 6.98. The van der Waals surface area contributed by atoms with E-state index in [-0.39, 0.29) is 5.91 Å². The fourth-order valence-electron chi connectivity index (χ4n) is 2.24. The second kappa shape index (κ2) is 7.14. The Morgan fingerprint density at radius 1 is 1.26 bits per heavy atom. The third kappa shape index (κ3) is 4.56. The summed E-state index contributed by atoms with van der Waals surface area (Å²) in [5.74, 6) is 0.0765. The highest BCUT2D eigenvalue weighted by Crippen LogP contribution is 2.16. The normalized spacial score (nSPS) is 16.1. The molecule has 0 aromatic heterocycles. The average Bonchev–Trinajstić information content (AvgIpc) is 2.42. The number of rotatable bonds is 5. The molecule has 1 aromatic rings. The van der Waals surface area contributed by atoms with Gasteiger partial charge in [0, 0.05) is 31.5 Å². The third-order valence-electron chi connectivity index (χ3n) is 3.28. The Kier molecular flexibility index (Phi) is 5.21. The summed E-state index contributed by atoms with van der Waals surface area (Å²) < 4.78 is 5.34. The Morgan fingerprint density at radius 2 is 1.95 bits per heavy atom. The Hall–Kier alpha value is -1.55. The molecule has 2 N–H and O–H groups in total. The quantitative estimate of drug-likeness (QED) is 0.853. The van der Waals surface area contributed by atoms with Crippen molar-refractivity contribution in [2.75, 3.05) is 25.1 Å². The summed E-state index contributed by atoms with van der Waals surface area (Å²) >= 11 is 0. The van der Waals surface area contributed by atoms with Crippen LogP contribution < -0.4 is 10.6 Å². The van der Waals surface area contributed by atoms with Gasteiger partial charge in [-0.2, -0.15) is 0 Å². The smallest absolute Gasteiger partial charge is 0.224 e. The van der Waals surface area contributed by atoms with Crippen LogP contribution in [0.3, 0.4) is 0 Å². The van der Waals surface area contributed by atoms with Crippen LogP contribution in [-0.4, -0.2) is 31.7 Å². The number of hydrogen-bond donors (Lipinski definition) is 2. The highest BCUT2D eigenvalue weighted by atomic mass is 16.5. The number of anilines is 1. The molecule has 1 saturated heterocycles. The van der Waals surface area contributed by atoms with Gasteiger partial charge in [0.1, 0.15) is 0 Å². The van der Waals surface area contributed by atoms with Gasteiger partial charge in [0.05, 0.1) is 6.42 Å². The fraction of sp³-hybridized carbons (Fsp3) is 0.533. The molecule has 0 saturated carbocycles. The van der Waals surface area contributed by atoms with Crippen LogP contribution in [0.15, 0.2) is 24.3 Å². The van der Waals surface area contributed by atoms with Gasteiger partial charge >= 0.3 is 0 Å². The zero-order valence-corrected chi connectivity index (χ0v) is 11.4. The minimum Gasteiger partial charge on any atom is -0.382 e. The molecule has 19 heavy (non-hydrogen) atoms. The Balaban J connectivity index is 1.85. The van der Waals surface area contributed by atoms with E-state index < -0.39 is 0 Å². The molecule has 1 aromatic carbocycles. The topological polar surface area (TPSA) is 50.4 Å². The van der Waals surface area contributed by atoms with Crippen molar-refractivity contribution < 1.29 is 9.53 Å². The van der Waals surface area contributed by atoms with Gasteiger partial charge in [0.15, 0.2) is 0 Å². The molecule has 0 spiro atoms. The number of hydrogen-bond acceptors (Lipinski definition) is 3. The van der Waals surface area contributed by atoms with Crippen LogP contribution in [0.1, 0.15) is 25.3 Å². The number of nitrogens with one attached hydrogen (secondary N) is 2. The molecule has 0 aliphatic carbocycles. The fourth-order valence-corrected chi connectivity index (χ4v) is 2.24. The van der Waals surface area contributed by atoms with Gasteiger partial charge in [0.25, 0.3) is 0 Å². The highest BCUT2D eigenvalue weighted by molar-refractivity contribution is 5.78. The molecule has 1 aliphatic rings. The molecule has 0 bridgehead atoms. The lowest BCUT2D eigenvalue weighted by Crippen LogP contribution is -2.27. The standard InChI is InChI=1S/C15H22N2O2/c1-2-16-15(18)11-12-3-5-13(6-4-12)17-14-7-9-19-10-8-14/h3-6,14,17H,2,7-11H2,1H3,(H,16,18). The van der Waals surface area contributed by atoms with E-state index >= 15 is 0 Å². The molecular formula is C15H22N2O2. The summed E-state index contributed by atoms with van der Waals surface area (Å²) in [5.41, 5.74) is 2.16. The average molecular weight is 262 g/mol. The predicted molar refractivity (Wildman–Crippen MR) is 76.3 cm³/mol. The first-order chi connectivity index (χ1) is 9.28. The van der Waals surface area contributed by atoms with Gasteiger partial charge in [-0.05, 0) is 37.5 Å². The van der Waals surface area contributed by atoms with Crippen LogP contribution in [-0.2, 0) is 16.0 Å². The van der Waals surface area contributed by atoms with Gasteiger partial charge in [-0.1, -0.05) is 12.1 Å². The van der Waals surface area contributed by atoms with Crippen molar-refractivity contribution in [3.05, 3.63) is 29.8 Å². The van der Waals surface area contributed by atoms with E-state index in [0.29, 0.717) is 19.0 Å². The SMILES string of the molecule is CCNC(=O)Cc1ccc(NC2CCOCC2)cc1. The lowest BCUT2D eigenvalue weighted by atomic mass is 10.1. The van der Waals surface area contributed by atoms with Crippen LogP contribution in [0, 0.1) is 0 Å². The summed E-state index contributed by atoms with van der Waals surface area (Å²) in [7, 11) is 0. The number of amides is 1. The van der Waals surface area contributed by atoms with E-state index in [0.717, 1.165) is 37.3 Å². The second-order valence-electron chi connectivity index (χ2n) is 4.86. The second-order valence-corrected chi connectivity index (χ2v) is 4.86. The number of likely N-dealkylation sites (N-methyl/N-ethyl adjacent to an activating group) is 1. The van der Waals surface area contributed by atoms with Crippen molar-refractivity contribution in [1.29, 1.82) is 0 Å². The van der Waals surface area contributed by atoms with Crippen LogP contribution in [0.25, 0.3) is 0 Å². The number of carbonyl (C=O) groups excluding carboxylic acids is 1. The number of benzene rings is 1. The Morgan fingerprint density at radius 3 is 2.58 bits per heavy atom. The molecule has 1 heterocycles. The molecule has 104 valence electrons. The maximum atomic E-state index is 11.5. The van der Waals surface area contributed by atoms with Gasteiger partial charge in [-0.25, -0.2) is 0 Å². The van der Waals surface area contributed by atoms with Crippen LogP contribution in [0.2, 0.25) is 0 Å². The highest BCUT2D eigenvalue weighted by Gasteiger charge is 2.13. The van der Waals surface area contributed by atoms with Crippen molar-refractivity contribution in [1.82, 2.24) is 5.32 Å². The third-order valence-corrected chi connectivity index (χ3v) is 3.28. The Labute approximate surface area is 114 Å². The summed E-state index contributed by atoms with van der Waals surface area (Å²) in [6.07, 6.45) is 2.56.